The second-order valence-corrected chi connectivity index (χ2v) is 6.96. The van der Waals surface area contributed by atoms with Crippen molar-refractivity contribution in [2.45, 2.75) is 25.2 Å². The molecule has 0 amide bonds. The Morgan fingerprint density at radius 2 is 1.31 bits per heavy atom. The molecule has 0 spiro atoms. The van der Waals surface area contributed by atoms with Crippen molar-refractivity contribution < 1.29 is 20.1 Å². The van der Waals surface area contributed by atoms with Crippen molar-refractivity contribution in [3.8, 4) is 0 Å². The molecule has 2 aromatic carbocycles. The standard InChI is InChI=1S/C22H20O4/c1-2-22(21(25)26,19-15-9-5-3-7-13(15)11-17(19)23)20-16-10-6-4-8-14(16)12-18(20)24/h3-12,19-20,23-24H,2H2,1H3,(H,25,26). The minimum Gasteiger partial charge on any atom is -0.512 e. The van der Waals surface area contributed by atoms with Gasteiger partial charge in [-0.3, -0.25) is 4.79 Å². The van der Waals surface area contributed by atoms with E-state index < -0.39 is 23.2 Å². The molecular formula is C22H20O4. The number of fused-ring (bicyclic) bond motifs is 2. The van der Waals surface area contributed by atoms with Gasteiger partial charge in [0.15, 0.2) is 0 Å². The summed E-state index contributed by atoms with van der Waals surface area (Å²) in [4.78, 5) is 12.7. The van der Waals surface area contributed by atoms with Gasteiger partial charge in [0, 0.05) is 0 Å². The smallest absolute Gasteiger partial charge is 0.311 e. The molecule has 0 aliphatic heterocycles. The van der Waals surface area contributed by atoms with Gasteiger partial charge in [-0.15, -0.1) is 0 Å². The zero-order chi connectivity index (χ0) is 18.5. The number of aliphatic hydroxyl groups is 2. The van der Waals surface area contributed by atoms with E-state index in [0.717, 1.165) is 22.3 Å². The minimum absolute atomic E-state index is 0.0348. The van der Waals surface area contributed by atoms with Crippen LogP contribution < -0.4 is 0 Å². The first kappa shape index (κ1) is 16.5. The number of benzene rings is 2. The fourth-order valence-corrected chi connectivity index (χ4v) is 4.67. The highest BCUT2D eigenvalue weighted by Crippen LogP contribution is 2.59. The quantitative estimate of drug-likeness (QED) is 0.737. The first-order valence-electron chi connectivity index (χ1n) is 8.73. The van der Waals surface area contributed by atoms with Gasteiger partial charge in [0.25, 0.3) is 0 Å². The number of aliphatic hydroxyl groups excluding tert-OH is 2. The van der Waals surface area contributed by atoms with E-state index in [4.69, 9.17) is 0 Å². The Bertz CT molecular complexity index is 887. The zero-order valence-corrected chi connectivity index (χ0v) is 14.4. The van der Waals surface area contributed by atoms with Crippen LogP contribution in [0.2, 0.25) is 0 Å². The van der Waals surface area contributed by atoms with E-state index in [2.05, 4.69) is 0 Å². The van der Waals surface area contributed by atoms with Gasteiger partial charge in [0.05, 0.1) is 17.3 Å². The molecule has 0 bridgehead atoms. The number of aliphatic carboxylic acids is 1. The van der Waals surface area contributed by atoms with Gasteiger partial charge in [-0.1, -0.05) is 55.5 Å². The van der Waals surface area contributed by atoms with Crippen LogP contribution in [0.4, 0.5) is 0 Å². The van der Waals surface area contributed by atoms with Crippen molar-refractivity contribution in [3.05, 3.63) is 82.3 Å². The van der Waals surface area contributed by atoms with Gasteiger partial charge in [0.1, 0.15) is 11.5 Å². The number of allylic oxidation sites excluding steroid dienone is 2. The summed E-state index contributed by atoms with van der Waals surface area (Å²) in [6, 6.07) is 14.9. The maximum Gasteiger partial charge on any atom is 0.311 e. The van der Waals surface area contributed by atoms with E-state index in [1.807, 2.05) is 48.5 Å². The van der Waals surface area contributed by atoms with Crippen molar-refractivity contribution in [2.24, 2.45) is 5.41 Å². The van der Waals surface area contributed by atoms with E-state index in [0.29, 0.717) is 0 Å². The summed E-state index contributed by atoms with van der Waals surface area (Å²) in [7, 11) is 0. The van der Waals surface area contributed by atoms with Crippen LogP contribution in [-0.4, -0.2) is 21.3 Å². The van der Waals surface area contributed by atoms with Crippen molar-refractivity contribution in [3.63, 3.8) is 0 Å². The summed E-state index contributed by atoms with van der Waals surface area (Å²) in [6.45, 7) is 1.80. The fraction of sp³-hybridized carbons (Fsp3) is 0.227. The van der Waals surface area contributed by atoms with Crippen LogP contribution in [0.1, 0.15) is 47.4 Å². The molecule has 4 heteroatoms. The molecule has 0 fully saturated rings. The van der Waals surface area contributed by atoms with Crippen LogP contribution in [0.25, 0.3) is 12.2 Å². The van der Waals surface area contributed by atoms with Gasteiger partial charge in [-0.05, 0) is 40.8 Å². The fourth-order valence-electron chi connectivity index (χ4n) is 4.67. The summed E-state index contributed by atoms with van der Waals surface area (Å²) in [6.07, 6.45) is 3.53. The number of rotatable bonds is 4. The predicted molar refractivity (Wildman–Crippen MR) is 99.9 cm³/mol. The third kappa shape index (κ3) is 2.05. The molecule has 3 N–H and O–H groups in total. The first-order chi connectivity index (χ1) is 12.5. The Labute approximate surface area is 151 Å². The number of carbonyl (C=O) groups is 1. The molecule has 132 valence electrons. The molecule has 4 nitrogen and oxygen atoms in total. The van der Waals surface area contributed by atoms with Crippen molar-refractivity contribution in [2.75, 3.05) is 0 Å². The molecule has 0 aromatic heterocycles. The maximum absolute atomic E-state index is 12.7. The molecule has 2 unspecified atom stereocenters. The summed E-state index contributed by atoms with van der Waals surface area (Å²) in [5, 5.41) is 31.8. The van der Waals surface area contributed by atoms with Crippen LogP contribution in [-0.2, 0) is 4.79 Å². The van der Waals surface area contributed by atoms with E-state index in [1.165, 1.54) is 0 Å². The third-order valence-electron chi connectivity index (χ3n) is 5.83. The molecule has 0 radical (unpaired) electrons. The number of carboxylic acid groups (broad SMARTS) is 1. The second kappa shape index (κ2) is 5.77. The lowest BCUT2D eigenvalue weighted by atomic mass is 9.61. The zero-order valence-electron chi connectivity index (χ0n) is 14.4. The average Bonchev–Trinajstić information content (AvgIpc) is 3.13. The molecule has 2 aliphatic rings. The van der Waals surface area contributed by atoms with Crippen molar-refractivity contribution >= 4 is 18.1 Å². The Hall–Kier alpha value is -3.01. The lowest BCUT2D eigenvalue weighted by Gasteiger charge is -2.40. The number of hydrogen-bond donors (Lipinski definition) is 3. The highest BCUT2D eigenvalue weighted by Gasteiger charge is 2.57. The van der Waals surface area contributed by atoms with Crippen LogP contribution >= 0.6 is 0 Å². The molecular weight excluding hydrogens is 328 g/mol. The largest absolute Gasteiger partial charge is 0.512 e. The lowest BCUT2D eigenvalue weighted by molar-refractivity contribution is -0.152. The molecule has 0 saturated heterocycles. The molecule has 4 rings (SSSR count). The Kier molecular flexibility index (Phi) is 3.65. The molecule has 0 heterocycles. The molecule has 2 aliphatic carbocycles. The minimum atomic E-state index is -1.39. The van der Waals surface area contributed by atoms with Crippen LogP contribution in [0.5, 0.6) is 0 Å². The van der Waals surface area contributed by atoms with Gasteiger partial charge < -0.3 is 15.3 Å². The topological polar surface area (TPSA) is 77.8 Å². The SMILES string of the molecule is CCC(C(=O)O)(C1C(O)=Cc2ccccc21)C1C(O)=Cc2ccccc21. The number of hydrogen-bond acceptors (Lipinski definition) is 3. The third-order valence-corrected chi connectivity index (χ3v) is 5.83. The highest BCUT2D eigenvalue weighted by molar-refractivity contribution is 5.84. The van der Waals surface area contributed by atoms with Gasteiger partial charge >= 0.3 is 5.97 Å². The van der Waals surface area contributed by atoms with Crippen molar-refractivity contribution in [1.29, 1.82) is 0 Å². The Balaban J connectivity index is 1.96. The molecule has 0 saturated carbocycles. The molecule has 2 atom stereocenters. The average molecular weight is 348 g/mol. The Morgan fingerprint density at radius 1 is 0.885 bits per heavy atom. The van der Waals surface area contributed by atoms with Crippen molar-refractivity contribution in [1.82, 2.24) is 0 Å². The normalized spacial score (nSPS) is 22.8. The highest BCUT2D eigenvalue weighted by atomic mass is 16.4. The molecule has 26 heavy (non-hydrogen) atoms. The first-order valence-corrected chi connectivity index (χ1v) is 8.73. The van der Waals surface area contributed by atoms with E-state index in [9.17, 15) is 20.1 Å². The van der Waals surface area contributed by atoms with E-state index in [1.54, 1.807) is 19.1 Å². The maximum atomic E-state index is 12.7. The molecule has 2 aromatic rings. The van der Waals surface area contributed by atoms with Crippen LogP contribution in [0.15, 0.2) is 60.0 Å². The second-order valence-electron chi connectivity index (χ2n) is 6.96. The van der Waals surface area contributed by atoms with Crippen LogP contribution in [0, 0.1) is 5.41 Å². The van der Waals surface area contributed by atoms with Crippen LogP contribution in [0.3, 0.4) is 0 Å². The van der Waals surface area contributed by atoms with Gasteiger partial charge in [0.2, 0.25) is 0 Å². The lowest BCUT2D eigenvalue weighted by Crippen LogP contribution is -2.43. The summed E-state index contributed by atoms with van der Waals surface area (Å²) in [5.41, 5.74) is 1.82. The van der Waals surface area contributed by atoms with Gasteiger partial charge in [-0.25, -0.2) is 0 Å². The van der Waals surface area contributed by atoms with E-state index >= 15 is 0 Å². The monoisotopic (exact) mass is 348 g/mol. The summed E-state index contributed by atoms with van der Waals surface area (Å²) >= 11 is 0. The van der Waals surface area contributed by atoms with Gasteiger partial charge in [-0.2, -0.15) is 0 Å². The predicted octanol–water partition coefficient (Wildman–Crippen LogP) is 4.86. The Morgan fingerprint density at radius 3 is 1.69 bits per heavy atom. The summed E-state index contributed by atoms with van der Waals surface area (Å²) in [5.74, 6) is -2.38. The van der Waals surface area contributed by atoms with E-state index in [-0.39, 0.29) is 17.9 Å². The summed E-state index contributed by atoms with van der Waals surface area (Å²) < 4.78 is 0. The number of carboxylic acids is 1.